The van der Waals surface area contributed by atoms with Crippen molar-refractivity contribution >= 4 is 5.91 Å². The van der Waals surface area contributed by atoms with Crippen LogP contribution in [0.1, 0.15) is 25.5 Å². The third-order valence-electron chi connectivity index (χ3n) is 4.56. The number of rotatable bonds is 4. The van der Waals surface area contributed by atoms with Crippen molar-refractivity contribution < 1.29 is 9.53 Å². The molecule has 5 nitrogen and oxygen atoms in total. The molecule has 0 bridgehead atoms. The van der Waals surface area contributed by atoms with E-state index in [0.29, 0.717) is 5.92 Å². The number of carbonyl (C=O) groups excluding carboxylic acids is 1. The third-order valence-corrected chi connectivity index (χ3v) is 4.56. The van der Waals surface area contributed by atoms with Gasteiger partial charge in [0.15, 0.2) is 0 Å². The average molecular weight is 325 g/mol. The lowest BCUT2D eigenvalue weighted by Gasteiger charge is -2.32. The van der Waals surface area contributed by atoms with Crippen LogP contribution in [0.3, 0.4) is 0 Å². The first-order valence-electron chi connectivity index (χ1n) is 8.37. The van der Waals surface area contributed by atoms with Gasteiger partial charge in [-0.3, -0.25) is 14.8 Å². The summed E-state index contributed by atoms with van der Waals surface area (Å²) in [6.07, 6.45) is 6.48. The molecule has 0 N–H and O–H groups in total. The van der Waals surface area contributed by atoms with Crippen molar-refractivity contribution in [2.45, 2.75) is 26.2 Å². The molecule has 1 aromatic carbocycles. The van der Waals surface area contributed by atoms with Crippen LogP contribution < -0.4 is 4.74 Å². The minimum atomic E-state index is 0.159. The topological polar surface area (TPSA) is 55.3 Å². The number of methoxy groups -OCH3 is 1. The van der Waals surface area contributed by atoms with Gasteiger partial charge in [-0.2, -0.15) is 0 Å². The lowest BCUT2D eigenvalue weighted by Crippen LogP contribution is -2.39. The van der Waals surface area contributed by atoms with E-state index in [1.165, 1.54) is 0 Å². The molecule has 1 saturated heterocycles. The molecule has 1 amide bonds. The number of aromatic nitrogens is 2. The second-order valence-corrected chi connectivity index (χ2v) is 6.26. The molecule has 1 aromatic heterocycles. The second kappa shape index (κ2) is 7.43. The number of nitrogens with zero attached hydrogens (tertiary/aromatic N) is 3. The van der Waals surface area contributed by atoms with Gasteiger partial charge in [0.25, 0.3) is 0 Å². The fraction of sp³-hybridized carbons (Fsp3) is 0.421. The maximum atomic E-state index is 11.6. The monoisotopic (exact) mass is 325 g/mol. The lowest BCUT2D eigenvalue weighted by molar-refractivity contribution is -0.130. The van der Waals surface area contributed by atoms with E-state index in [1.807, 2.05) is 29.2 Å². The number of amides is 1. The minimum absolute atomic E-state index is 0.159. The summed E-state index contributed by atoms with van der Waals surface area (Å²) in [7, 11) is 1.66. The SMILES string of the molecule is COc1cccc(-c2nccnc2C[C@H]2CCCN(C(C)=O)C2)c1. The van der Waals surface area contributed by atoms with Gasteiger partial charge in [-0.15, -0.1) is 0 Å². The molecular weight excluding hydrogens is 302 g/mol. The highest BCUT2D eigenvalue weighted by molar-refractivity contribution is 5.73. The zero-order valence-corrected chi connectivity index (χ0v) is 14.2. The van der Waals surface area contributed by atoms with Crippen LogP contribution in [0.2, 0.25) is 0 Å². The molecule has 1 aliphatic heterocycles. The van der Waals surface area contributed by atoms with Crippen molar-refractivity contribution in [2.24, 2.45) is 5.92 Å². The van der Waals surface area contributed by atoms with Crippen molar-refractivity contribution in [1.29, 1.82) is 0 Å². The van der Waals surface area contributed by atoms with Crippen LogP contribution in [0, 0.1) is 5.92 Å². The number of piperidine rings is 1. The summed E-state index contributed by atoms with van der Waals surface area (Å²) in [5.41, 5.74) is 2.90. The molecule has 1 aliphatic rings. The van der Waals surface area contributed by atoms with Crippen LogP contribution in [0.25, 0.3) is 11.3 Å². The Kier molecular flexibility index (Phi) is 5.08. The average Bonchev–Trinajstić information content (AvgIpc) is 2.62. The van der Waals surface area contributed by atoms with E-state index >= 15 is 0 Å². The third kappa shape index (κ3) is 3.72. The molecule has 0 radical (unpaired) electrons. The molecule has 126 valence electrons. The number of hydrogen-bond acceptors (Lipinski definition) is 4. The molecule has 2 aromatic rings. The number of benzene rings is 1. The molecular formula is C19H23N3O2. The van der Waals surface area contributed by atoms with Crippen molar-refractivity contribution in [3.8, 4) is 17.0 Å². The highest BCUT2D eigenvalue weighted by atomic mass is 16.5. The quantitative estimate of drug-likeness (QED) is 0.867. The Hall–Kier alpha value is -2.43. The van der Waals surface area contributed by atoms with Crippen LogP contribution in [-0.4, -0.2) is 41.0 Å². The number of hydrogen-bond donors (Lipinski definition) is 0. The summed E-state index contributed by atoms with van der Waals surface area (Å²) in [6.45, 7) is 3.32. The van der Waals surface area contributed by atoms with Crippen molar-refractivity contribution in [3.05, 3.63) is 42.4 Å². The van der Waals surface area contributed by atoms with Crippen molar-refractivity contribution in [3.63, 3.8) is 0 Å². The molecule has 3 rings (SSSR count). The number of ether oxygens (including phenoxy) is 1. The predicted octanol–water partition coefficient (Wildman–Crippen LogP) is 2.95. The normalized spacial score (nSPS) is 17.6. The zero-order chi connectivity index (χ0) is 16.9. The Morgan fingerprint density at radius 3 is 2.96 bits per heavy atom. The van der Waals surface area contributed by atoms with Gasteiger partial charge in [0.1, 0.15) is 5.75 Å². The Bertz CT molecular complexity index is 717. The van der Waals surface area contributed by atoms with E-state index in [0.717, 1.165) is 55.1 Å². The van der Waals surface area contributed by atoms with E-state index in [2.05, 4.69) is 9.97 Å². The molecule has 5 heteroatoms. The Labute approximate surface area is 142 Å². The van der Waals surface area contributed by atoms with Crippen molar-refractivity contribution in [2.75, 3.05) is 20.2 Å². The lowest BCUT2D eigenvalue weighted by atomic mass is 9.91. The van der Waals surface area contributed by atoms with Gasteiger partial charge in [-0.1, -0.05) is 12.1 Å². The Balaban J connectivity index is 1.83. The van der Waals surface area contributed by atoms with E-state index in [9.17, 15) is 4.79 Å². The van der Waals surface area contributed by atoms with Crippen LogP contribution in [0.4, 0.5) is 0 Å². The Morgan fingerprint density at radius 2 is 2.17 bits per heavy atom. The zero-order valence-electron chi connectivity index (χ0n) is 14.2. The van der Waals surface area contributed by atoms with Gasteiger partial charge < -0.3 is 9.64 Å². The summed E-state index contributed by atoms with van der Waals surface area (Å²) in [4.78, 5) is 22.7. The molecule has 0 spiro atoms. The van der Waals surface area contributed by atoms with Gasteiger partial charge in [0, 0.05) is 38.0 Å². The maximum Gasteiger partial charge on any atom is 0.219 e. The highest BCUT2D eigenvalue weighted by Crippen LogP contribution is 2.27. The van der Waals surface area contributed by atoms with Gasteiger partial charge in [0.05, 0.1) is 18.5 Å². The number of likely N-dealkylation sites (tertiary alicyclic amines) is 1. The summed E-state index contributed by atoms with van der Waals surface area (Å²) >= 11 is 0. The van der Waals surface area contributed by atoms with E-state index < -0.39 is 0 Å². The first-order chi connectivity index (χ1) is 11.7. The predicted molar refractivity (Wildman–Crippen MR) is 92.7 cm³/mol. The summed E-state index contributed by atoms with van der Waals surface area (Å²) in [5.74, 6) is 1.40. The molecule has 24 heavy (non-hydrogen) atoms. The molecule has 1 atom stereocenters. The first-order valence-corrected chi connectivity index (χ1v) is 8.37. The van der Waals surface area contributed by atoms with Crippen LogP contribution in [-0.2, 0) is 11.2 Å². The smallest absolute Gasteiger partial charge is 0.219 e. The standard InChI is InChI=1S/C19H23N3O2/c1-14(23)22-10-4-5-15(13-22)11-18-19(21-9-8-20-18)16-6-3-7-17(12-16)24-2/h3,6-9,12,15H,4-5,10-11,13H2,1-2H3/t15-/m1/s1. The molecule has 0 aliphatic carbocycles. The fourth-order valence-electron chi connectivity index (χ4n) is 3.32. The van der Waals surface area contributed by atoms with Gasteiger partial charge in [-0.25, -0.2) is 0 Å². The largest absolute Gasteiger partial charge is 0.497 e. The maximum absolute atomic E-state index is 11.6. The molecule has 0 unspecified atom stereocenters. The van der Waals surface area contributed by atoms with Crippen LogP contribution >= 0.6 is 0 Å². The number of carbonyl (C=O) groups is 1. The van der Waals surface area contributed by atoms with Gasteiger partial charge in [-0.05, 0) is 37.3 Å². The summed E-state index contributed by atoms with van der Waals surface area (Å²) in [6, 6.07) is 7.89. The molecule has 2 heterocycles. The first kappa shape index (κ1) is 16.4. The fourth-order valence-corrected chi connectivity index (χ4v) is 3.32. The Morgan fingerprint density at radius 1 is 1.33 bits per heavy atom. The molecule has 0 saturated carbocycles. The van der Waals surface area contributed by atoms with E-state index in [-0.39, 0.29) is 5.91 Å². The van der Waals surface area contributed by atoms with E-state index in [4.69, 9.17) is 4.74 Å². The minimum Gasteiger partial charge on any atom is -0.497 e. The van der Waals surface area contributed by atoms with Gasteiger partial charge >= 0.3 is 0 Å². The highest BCUT2D eigenvalue weighted by Gasteiger charge is 2.23. The van der Waals surface area contributed by atoms with E-state index in [1.54, 1.807) is 26.4 Å². The van der Waals surface area contributed by atoms with Crippen LogP contribution in [0.15, 0.2) is 36.7 Å². The molecule has 1 fully saturated rings. The second-order valence-electron chi connectivity index (χ2n) is 6.26. The van der Waals surface area contributed by atoms with Gasteiger partial charge in [0.2, 0.25) is 5.91 Å². The van der Waals surface area contributed by atoms with Crippen LogP contribution in [0.5, 0.6) is 5.75 Å². The van der Waals surface area contributed by atoms with Crippen molar-refractivity contribution in [1.82, 2.24) is 14.9 Å². The summed E-state index contributed by atoms with van der Waals surface area (Å²) in [5, 5.41) is 0. The summed E-state index contributed by atoms with van der Waals surface area (Å²) < 4.78 is 5.31.